The van der Waals surface area contributed by atoms with E-state index in [1.807, 2.05) is 0 Å². The van der Waals surface area contributed by atoms with Crippen molar-refractivity contribution in [3.63, 3.8) is 0 Å². The molecule has 1 unspecified atom stereocenters. The van der Waals surface area contributed by atoms with Crippen molar-refractivity contribution >= 4 is 40.7 Å². The molecule has 1 aromatic heterocycles. The number of nitrogens with zero attached hydrogens (tertiary/aromatic N) is 2. The van der Waals surface area contributed by atoms with Crippen LogP contribution in [-0.2, 0) is 10.4 Å². The number of anilines is 1. The monoisotopic (exact) mass is 545 g/mol. The number of halogens is 4. The van der Waals surface area contributed by atoms with Crippen molar-refractivity contribution in [2.24, 2.45) is 5.92 Å². The molecule has 2 aliphatic rings. The standard InChI is InChI=1S/C27H23Cl2F2N3O3/c28-16-12-18(24(29)32-13-16)25(35)33-17-10-8-15(9-11-17)14-34-22-7-2-1-4-19(22)27(37,26(34)36)20-5-3-6-21(30)23(20)31/h1-7,12-13,15,17,37H,8-11,14H2,(H,33,35)/t15-,17-,27?. The summed E-state index contributed by atoms with van der Waals surface area (Å²) in [6.07, 6.45) is 4.15. The third-order valence-electron chi connectivity index (χ3n) is 7.15. The third kappa shape index (κ3) is 4.58. The second-order valence-electron chi connectivity index (χ2n) is 9.43. The van der Waals surface area contributed by atoms with Crippen LogP contribution in [0.25, 0.3) is 0 Å². The highest BCUT2D eigenvalue weighted by molar-refractivity contribution is 6.34. The van der Waals surface area contributed by atoms with E-state index in [4.69, 9.17) is 23.2 Å². The normalized spacial score (nSPS) is 23.2. The van der Waals surface area contributed by atoms with E-state index in [-0.39, 0.29) is 34.1 Å². The van der Waals surface area contributed by atoms with Crippen molar-refractivity contribution in [2.75, 3.05) is 11.4 Å². The lowest BCUT2D eigenvalue weighted by atomic mass is 9.85. The van der Waals surface area contributed by atoms with Crippen LogP contribution in [0.4, 0.5) is 14.5 Å². The van der Waals surface area contributed by atoms with Gasteiger partial charge < -0.3 is 15.3 Å². The Kier molecular flexibility index (Phi) is 6.91. The number of aliphatic hydroxyl groups is 1. The molecule has 2 aromatic carbocycles. The number of rotatable bonds is 5. The van der Waals surface area contributed by atoms with Crippen LogP contribution in [0.2, 0.25) is 10.2 Å². The number of nitrogens with one attached hydrogen (secondary N) is 1. The maximum atomic E-state index is 14.7. The average Bonchev–Trinajstić information content (AvgIpc) is 3.10. The van der Waals surface area contributed by atoms with E-state index in [0.717, 1.165) is 6.07 Å². The van der Waals surface area contributed by atoms with Gasteiger partial charge >= 0.3 is 0 Å². The zero-order valence-electron chi connectivity index (χ0n) is 19.6. The van der Waals surface area contributed by atoms with Gasteiger partial charge in [0.2, 0.25) is 0 Å². The highest BCUT2D eigenvalue weighted by Gasteiger charge is 2.53. The van der Waals surface area contributed by atoms with Crippen molar-refractivity contribution in [3.8, 4) is 0 Å². The molecule has 6 nitrogen and oxygen atoms in total. The second-order valence-corrected chi connectivity index (χ2v) is 10.2. The molecule has 37 heavy (non-hydrogen) atoms. The van der Waals surface area contributed by atoms with Gasteiger partial charge in [0, 0.05) is 29.9 Å². The van der Waals surface area contributed by atoms with Crippen LogP contribution in [0.1, 0.15) is 47.2 Å². The number of aromatic nitrogens is 1. The summed E-state index contributed by atoms with van der Waals surface area (Å²) in [7, 11) is 0. The number of fused-ring (bicyclic) bond motifs is 1. The van der Waals surface area contributed by atoms with Crippen LogP contribution in [0.15, 0.2) is 54.7 Å². The summed E-state index contributed by atoms with van der Waals surface area (Å²) in [5.41, 5.74) is -1.83. The zero-order chi connectivity index (χ0) is 26.3. The minimum Gasteiger partial charge on any atom is -0.372 e. The second kappa shape index (κ2) is 10.0. The number of hydrogen-bond donors (Lipinski definition) is 2. The molecule has 2 heterocycles. The Morgan fingerprint density at radius 2 is 1.78 bits per heavy atom. The lowest BCUT2D eigenvalue weighted by molar-refractivity contribution is -0.132. The lowest BCUT2D eigenvalue weighted by Crippen LogP contribution is -2.45. The van der Waals surface area contributed by atoms with Gasteiger partial charge in [-0.2, -0.15) is 0 Å². The number of carbonyl (C=O) groups is 2. The Morgan fingerprint density at radius 1 is 1.08 bits per heavy atom. The summed E-state index contributed by atoms with van der Waals surface area (Å²) in [4.78, 5) is 31.6. The van der Waals surface area contributed by atoms with Gasteiger partial charge in [0.25, 0.3) is 11.8 Å². The molecule has 3 aromatic rings. The van der Waals surface area contributed by atoms with Gasteiger partial charge in [0.15, 0.2) is 17.2 Å². The quantitative estimate of drug-likeness (QED) is 0.429. The van der Waals surface area contributed by atoms with E-state index in [9.17, 15) is 23.5 Å². The van der Waals surface area contributed by atoms with Crippen LogP contribution in [0.5, 0.6) is 0 Å². The van der Waals surface area contributed by atoms with Crippen molar-refractivity contribution in [1.82, 2.24) is 10.3 Å². The zero-order valence-corrected chi connectivity index (χ0v) is 21.1. The summed E-state index contributed by atoms with van der Waals surface area (Å²) in [5.74, 6) is -3.36. The summed E-state index contributed by atoms with van der Waals surface area (Å²) in [6, 6.07) is 11.5. The Balaban J connectivity index is 1.29. The van der Waals surface area contributed by atoms with Crippen LogP contribution >= 0.6 is 23.2 Å². The van der Waals surface area contributed by atoms with E-state index in [0.29, 0.717) is 42.9 Å². The fourth-order valence-electron chi connectivity index (χ4n) is 5.25. The Hall–Kier alpha value is -3.07. The predicted octanol–water partition coefficient (Wildman–Crippen LogP) is 5.24. The molecule has 1 aliphatic heterocycles. The largest absolute Gasteiger partial charge is 0.372 e. The van der Waals surface area contributed by atoms with Crippen LogP contribution in [0, 0.1) is 17.6 Å². The van der Waals surface area contributed by atoms with Crippen LogP contribution < -0.4 is 10.2 Å². The first kappa shape index (κ1) is 25.6. The van der Waals surface area contributed by atoms with Gasteiger partial charge in [-0.3, -0.25) is 9.59 Å². The minimum absolute atomic E-state index is 0.0732. The Labute approximate surface area is 222 Å². The molecule has 1 saturated carbocycles. The third-order valence-corrected chi connectivity index (χ3v) is 7.66. The van der Waals surface area contributed by atoms with E-state index in [1.54, 1.807) is 24.3 Å². The molecule has 192 valence electrons. The highest BCUT2D eigenvalue weighted by Crippen LogP contribution is 2.46. The Bertz CT molecular complexity index is 1380. The molecule has 2 amide bonds. The van der Waals surface area contributed by atoms with Gasteiger partial charge in [0.1, 0.15) is 5.15 Å². The molecular formula is C27H23Cl2F2N3O3. The first-order chi connectivity index (χ1) is 17.7. The SMILES string of the molecule is O=C(N[C@H]1CC[C@H](CN2C(=O)C(O)(c3cccc(F)c3F)c3ccccc32)CC1)c1cc(Cl)cnc1Cl. The van der Waals surface area contributed by atoms with Gasteiger partial charge in [-0.1, -0.05) is 53.5 Å². The molecule has 1 fully saturated rings. The van der Waals surface area contributed by atoms with Gasteiger partial charge in [-0.15, -0.1) is 0 Å². The van der Waals surface area contributed by atoms with E-state index >= 15 is 0 Å². The summed E-state index contributed by atoms with van der Waals surface area (Å²) >= 11 is 12.0. The van der Waals surface area contributed by atoms with Gasteiger partial charge in [-0.05, 0) is 49.8 Å². The lowest BCUT2D eigenvalue weighted by Gasteiger charge is -2.32. The molecule has 0 radical (unpaired) electrons. The van der Waals surface area contributed by atoms with E-state index < -0.39 is 28.7 Å². The smallest absolute Gasteiger partial charge is 0.268 e. The number of para-hydroxylation sites is 1. The fourth-order valence-corrected chi connectivity index (χ4v) is 5.60. The predicted molar refractivity (Wildman–Crippen MR) is 136 cm³/mol. The highest BCUT2D eigenvalue weighted by atomic mass is 35.5. The molecule has 0 bridgehead atoms. The maximum Gasteiger partial charge on any atom is 0.268 e. The molecule has 1 atom stereocenters. The molecule has 0 spiro atoms. The van der Waals surface area contributed by atoms with Gasteiger partial charge in [-0.25, -0.2) is 13.8 Å². The molecule has 5 rings (SSSR count). The summed E-state index contributed by atoms with van der Waals surface area (Å²) in [6.45, 7) is 0.305. The van der Waals surface area contributed by atoms with Crippen molar-refractivity contribution < 1.29 is 23.5 Å². The number of hydrogen-bond acceptors (Lipinski definition) is 4. The van der Waals surface area contributed by atoms with Crippen molar-refractivity contribution in [3.05, 3.63) is 93.2 Å². The summed E-state index contributed by atoms with van der Waals surface area (Å²) in [5, 5.41) is 14.9. The number of pyridine rings is 1. The van der Waals surface area contributed by atoms with Crippen LogP contribution in [0.3, 0.4) is 0 Å². The van der Waals surface area contributed by atoms with Crippen molar-refractivity contribution in [2.45, 2.75) is 37.3 Å². The topological polar surface area (TPSA) is 82.5 Å². The molecule has 2 N–H and O–H groups in total. The van der Waals surface area contributed by atoms with E-state index in [1.165, 1.54) is 29.3 Å². The molecule has 0 saturated heterocycles. The minimum atomic E-state index is -2.32. The van der Waals surface area contributed by atoms with Gasteiger partial charge in [0.05, 0.1) is 16.3 Å². The number of amides is 2. The molecular weight excluding hydrogens is 523 g/mol. The number of carbonyl (C=O) groups excluding carboxylic acids is 2. The first-order valence-corrected chi connectivity index (χ1v) is 12.7. The summed E-state index contributed by atoms with van der Waals surface area (Å²) < 4.78 is 28.7. The average molecular weight is 546 g/mol. The molecule has 1 aliphatic carbocycles. The molecule has 10 heteroatoms. The van der Waals surface area contributed by atoms with Crippen molar-refractivity contribution in [1.29, 1.82) is 0 Å². The number of benzene rings is 2. The Morgan fingerprint density at radius 3 is 2.54 bits per heavy atom. The fraction of sp³-hybridized carbons (Fsp3) is 0.296. The maximum absolute atomic E-state index is 14.7. The first-order valence-electron chi connectivity index (χ1n) is 11.9. The van der Waals surface area contributed by atoms with Crippen LogP contribution in [-0.4, -0.2) is 34.5 Å². The van der Waals surface area contributed by atoms with E-state index in [2.05, 4.69) is 10.3 Å².